The predicted molar refractivity (Wildman–Crippen MR) is 98.6 cm³/mol. The van der Waals surface area contributed by atoms with Crippen LogP contribution in [0, 0.1) is 5.92 Å². The minimum atomic E-state index is -0.0987. The van der Waals surface area contributed by atoms with Crippen LogP contribution in [0.4, 0.5) is 0 Å². The van der Waals surface area contributed by atoms with E-state index in [0.29, 0.717) is 29.6 Å². The van der Waals surface area contributed by atoms with E-state index in [-0.39, 0.29) is 17.9 Å². The number of benzene rings is 1. The Morgan fingerprint density at radius 2 is 2.08 bits per heavy atom. The zero-order chi connectivity index (χ0) is 17.5. The van der Waals surface area contributed by atoms with Crippen molar-refractivity contribution in [1.29, 1.82) is 0 Å². The van der Waals surface area contributed by atoms with Crippen LogP contribution in [0.3, 0.4) is 0 Å². The van der Waals surface area contributed by atoms with E-state index in [1.165, 1.54) is 0 Å². The van der Waals surface area contributed by atoms with Crippen molar-refractivity contribution in [3.8, 4) is 0 Å². The molecule has 2 N–H and O–H groups in total. The number of hydrogen-bond acceptors (Lipinski definition) is 3. The summed E-state index contributed by atoms with van der Waals surface area (Å²) in [6.07, 6.45) is 3.55. The lowest BCUT2D eigenvalue weighted by atomic mass is 9.98. The second kappa shape index (κ2) is 9.62. The molecule has 0 aromatic heterocycles. The zero-order valence-electron chi connectivity index (χ0n) is 14.1. The van der Waals surface area contributed by atoms with Crippen LogP contribution in [0.25, 0.3) is 0 Å². The molecule has 0 spiro atoms. The molecule has 2 rings (SSSR count). The lowest BCUT2D eigenvalue weighted by Gasteiger charge is -2.33. The van der Waals surface area contributed by atoms with Gasteiger partial charge in [-0.25, -0.2) is 0 Å². The fourth-order valence-electron chi connectivity index (χ4n) is 2.99. The molecule has 1 aromatic carbocycles. The summed E-state index contributed by atoms with van der Waals surface area (Å²) < 4.78 is 5.79. The second-order valence-corrected chi connectivity index (χ2v) is 7.22. The molecule has 1 amide bonds. The molecule has 1 unspecified atom stereocenters. The highest BCUT2D eigenvalue weighted by Crippen LogP contribution is 2.25. The maximum absolute atomic E-state index is 12.6. The molecule has 0 bridgehead atoms. The minimum Gasteiger partial charge on any atom is -0.378 e. The second-order valence-electron chi connectivity index (χ2n) is 6.38. The number of nitrogens with two attached hydrogens (primary N) is 1. The number of carbonyl (C=O) groups is 1. The van der Waals surface area contributed by atoms with Crippen molar-refractivity contribution in [2.45, 2.75) is 38.7 Å². The fourth-order valence-corrected chi connectivity index (χ4v) is 3.48. The van der Waals surface area contributed by atoms with E-state index in [1.807, 2.05) is 24.0 Å². The van der Waals surface area contributed by atoms with Gasteiger partial charge in [0, 0.05) is 35.7 Å². The van der Waals surface area contributed by atoms with Crippen LogP contribution in [0.1, 0.15) is 31.7 Å². The number of carbonyl (C=O) groups excluding carboxylic acids is 1. The van der Waals surface area contributed by atoms with Gasteiger partial charge >= 0.3 is 0 Å². The van der Waals surface area contributed by atoms with E-state index in [0.717, 1.165) is 37.9 Å². The van der Waals surface area contributed by atoms with Crippen molar-refractivity contribution in [2.24, 2.45) is 11.7 Å². The van der Waals surface area contributed by atoms with Gasteiger partial charge in [0.05, 0.1) is 6.10 Å². The Bertz CT molecular complexity index is 546. The molecule has 1 saturated heterocycles. The number of likely N-dealkylation sites (tertiary alicyclic amines) is 1. The number of rotatable bonds is 7. The predicted octanol–water partition coefficient (Wildman–Crippen LogP) is 3.53. The molecule has 6 heteroatoms. The average Bonchev–Trinajstić information content (AvgIpc) is 2.57. The molecular formula is C18H26Cl2N2O2. The summed E-state index contributed by atoms with van der Waals surface area (Å²) in [6.45, 7) is 4.83. The molecule has 1 aromatic rings. The van der Waals surface area contributed by atoms with Crippen molar-refractivity contribution in [2.75, 3.05) is 26.2 Å². The Morgan fingerprint density at radius 1 is 1.38 bits per heavy atom. The fraction of sp³-hybridized carbons (Fsp3) is 0.611. The van der Waals surface area contributed by atoms with Gasteiger partial charge in [-0.05, 0) is 49.9 Å². The van der Waals surface area contributed by atoms with Crippen molar-refractivity contribution in [3.63, 3.8) is 0 Å². The smallest absolute Gasteiger partial charge is 0.225 e. The quantitative estimate of drug-likeness (QED) is 0.744. The molecule has 1 fully saturated rings. The highest BCUT2D eigenvalue weighted by atomic mass is 35.5. The normalized spacial score (nSPS) is 17.1. The summed E-state index contributed by atoms with van der Waals surface area (Å²) in [5.74, 6) is 0.0832. The largest absolute Gasteiger partial charge is 0.378 e. The van der Waals surface area contributed by atoms with Crippen molar-refractivity contribution >= 4 is 29.1 Å². The molecule has 0 aliphatic carbocycles. The van der Waals surface area contributed by atoms with Crippen LogP contribution >= 0.6 is 23.2 Å². The molecule has 0 radical (unpaired) electrons. The third kappa shape index (κ3) is 5.62. The van der Waals surface area contributed by atoms with Crippen molar-refractivity contribution < 1.29 is 9.53 Å². The monoisotopic (exact) mass is 372 g/mol. The maximum atomic E-state index is 12.6. The summed E-state index contributed by atoms with van der Waals surface area (Å²) in [5, 5.41) is 1.23. The van der Waals surface area contributed by atoms with Crippen LogP contribution in [0.5, 0.6) is 0 Å². The number of piperidine rings is 1. The first-order valence-electron chi connectivity index (χ1n) is 8.55. The van der Waals surface area contributed by atoms with E-state index in [2.05, 4.69) is 0 Å². The summed E-state index contributed by atoms with van der Waals surface area (Å²) in [7, 11) is 0. The Labute approximate surface area is 154 Å². The van der Waals surface area contributed by atoms with Crippen LogP contribution in [0.2, 0.25) is 10.0 Å². The highest BCUT2D eigenvalue weighted by molar-refractivity contribution is 6.35. The molecule has 1 aliphatic heterocycles. The summed E-state index contributed by atoms with van der Waals surface area (Å²) in [6, 6.07) is 5.43. The SMILES string of the molecule is CC(Cc1ccc(Cl)cc1Cl)C(=O)N1CCC(OCCCN)CC1. The lowest BCUT2D eigenvalue weighted by molar-refractivity contribution is -0.137. The lowest BCUT2D eigenvalue weighted by Crippen LogP contribution is -2.43. The summed E-state index contributed by atoms with van der Waals surface area (Å²) >= 11 is 12.1. The standard InChI is InChI=1S/C18H26Cl2N2O2/c1-13(11-14-3-4-15(19)12-17(14)20)18(23)22-8-5-16(6-9-22)24-10-2-7-21/h3-4,12-13,16H,2,5-11,21H2,1H3. The van der Waals surface area contributed by atoms with Crippen LogP contribution in [-0.2, 0) is 16.0 Å². The van der Waals surface area contributed by atoms with Gasteiger partial charge < -0.3 is 15.4 Å². The topological polar surface area (TPSA) is 55.6 Å². The zero-order valence-corrected chi connectivity index (χ0v) is 15.7. The molecule has 24 heavy (non-hydrogen) atoms. The van der Waals surface area contributed by atoms with E-state index in [9.17, 15) is 4.79 Å². The average molecular weight is 373 g/mol. The van der Waals surface area contributed by atoms with Crippen LogP contribution in [0.15, 0.2) is 18.2 Å². The van der Waals surface area contributed by atoms with Crippen molar-refractivity contribution in [3.05, 3.63) is 33.8 Å². The highest BCUT2D eigenvalue weighted by Gasteiger charge is 2.26. The molecular weight excluding hydrogens is 347 g/mol. The molecule has 0 saturated carbocycles. The van der Waals surface area contributed by atoms with Crippen molar-refractivity contribution in [1.82, 2.24) is 4.90 Å². The van der Waals surface area contributed by atoms with Gasteiger partial charge in [0.1, 0.15) is 0 Å². The minimum absolute atomic E-state index is 0.0987. The van der Waals surface area contributed by atoms with E-state index < -0.39 is 0 Å². The Morgan fingerprint density at radius 3 is 2.71 bits per heavy atom. The number of nitrogens with zero attached hydrogens (tertiary/aromatic N) is 1. The van der Waals surface area contributed by atoms with Gasteiger partial charge in [-0.1, -0.05) is 36.2 Å². The molecule has 4 nitrogen and oxygen atoms in total. The first kappa shape index (κ1) is 19.5. The number of halogens is 2. The molecule has 134 valence electrons. The van der Waals surface area contributed by atoms with E-state index in [4.69, 9.17) is 33.7 Å². The first-order valence-corrected chi connectivity index (χ1v) is 9.31. The van der Waals surface area contributed by atoms with Gasteiger partial charge in [0.15, 0.2) is 0 Å². The van der Waals surface area contributed by atoms with Gasteiger partial charge in [-0.2, -0.15) is 0 Å². The molecule has 1 heterocycles. The van der Waals surface area contributed by atoms with Gasteiger partial charge in [-0.3, -0.25) is 4.79 Å². The van der Waals surface area contributed by atoms with Crippen LogP contribution < -0.4 is 5.73 Å². The Hall–Kier alpha value is -0.810. The number of amides is 1. The number of hydrogen-bond donors (Lipinski definition) is 1. The number of ether oxygens (including phenoxy) is 1. The van der Waals surface area contributed by atoms with E-state index in [1.54, 1.807) is 6.07 Å². The van der Waals surface area contributed by atoms with Gasteiger partial charge in [0.2, 0.25) is 5.91 Å². The Balaban J connectivity index is 1.81. The van der Waals surface area contributed by atoms with Gasteiger partial charge in [-0.15, -0.1) is 0 Å². The van der Waals surface area contributed by atoms with Crippen LogP contribution in [-0.4, -0.2) is 43.2 Å². The third-order valence-corrected chi connectivity index (χ3v) is 5.01. The molecule has 1 atom stereocenters. The van der Waals surface area contributed by atoms with E-state index >= 15 is 0 Å². The summed E-state index contributed by atoms with van der Waals surface area (Å²) in [4.78, 5) is 14.6. The summed E-state index contributed by atoms with van der Waals surface area (Å²) in [5.41, 5.74) is 6.43. The Kier molecular flexibility index (Phi) is 7.82. The first-order chi connectivity index (χ1) is 11.5. The maximum Gasteiger partial charge on any atom is 0.225 e. The molecule has 1 aliphatic rings. The van der Waals surface area contributed by atoms with Gasteiger partial charge in [0.25, 0.3) is 0 Å². The third-order valence-electron chi connectivity index (χ3n) is 4.42.